The summed E-state index contributed by atoms with van der Waals surface area (Å²) in [5.41, 5.74) is 1.27. The van der Waals surface area contributed by atoms with E-state index >= 15 is 0 Å². The van der Waals surface area contributed by atoms with Crippen LogP contribution in [0.4, 0.5) is 0 Å². The van der Waals surface area contributed by atoms with Crippen molar-refractivity contribution in [1.29, 1.82) is 0 Å². The SMILES string of the molecule is CCCCCCCCCCCCCCCCCCc1ccc(S(=O)O)cc1. The van der Waals surface area contributed by atoms with Gasteiger partial charge in [-0.3, -0.25) is 0 Å². The Balaban J connectivity index is 1.81. The lowest BCUT2D eigenvalue weighted by Gasteiger charge is -2.04. The first-order valence-electron chi connectivity index (χ1n) is 11.4. The van der Waals surface area contributed by atoms with Crippen molar-refractivity contribution in [2.75, 3.05) is 0 Å². The molecular weight excluding hydrogens is 352 g/mol. The van der Waals surface area contributed by atoms with Crippen LogP contribution in [0.2, 0.25) is 0 Å². The summed E-state index contributed by atoms with van der Waals surface area (Å²) in [7, 11) is 0. The quantitative estimate of drug-likeness (QED) is 0.202. The van der Waals surface area contributed by atoms with Crippen molar-refractivity contribution in [3.05, 3.63) is 29.8 Å². The van der Waals surface area contributed by atoms with E-state index in [-0.39, 0.29) is 0 Å². The summed E-state index contributed by atoms with van der Waals surface area (Å²) in [5, 5.41) is 0. The molecule has 0 aliphatic carbocycles. The zero-order chi connectivity index (χ0) is 19.6. The van der Waals surface area contributed by atoms with Gasteiger partial charge in [0.05, 0.1) is 4.90 Å². The van der Waals surface area contributed by atoms with Gasteiger partial charge in [0.2, 0.25) is 0 Å². The molecule has 1 unspecified atom stereocenters. The summed E-state index contributed by atoms with van der Waals surface area (Å²) in [5.74, 6) is 0. The first-order chi connectivity index (χ1) is 13.2. The molecule has 0 aliphatic rings. The number of unbranched alkanes of at least 4 members (excludes halogenated alkanes) is 15. The topological polar surface area (TPSA) is 37.3 Å². The van der Waals surface area contributed by atoms with E-state index in [1.54, 1.807) is 12.1 Å². The number of benzene rings is 1. The Kier molecular flexibility index (Phi) is 15.7. The van der Waals surface area contributed by atoms with Crippen molar-refractivity contribution >= 4 is 11.1 Å². The van der Waals surface area contributed by atoms with E-state index in [1.165, 1.54) is 108 Å². The minimum atomic E-state index is -1.86. The Morgan fingerprint density at radius 2 is 1.00 bits per heavy atom. The van der Waals surface area contributed by atoms with Crippen LogP contribution < -0.4 is 0 Å². The molecule has 156 valence electrons. The fourth-order valence-corrected chi connectivity index (χ4v) is 4.02. The van der Waals surface area contributed by atoms with Gasteiger partial charge in [0.1, 0.15) is 0 Å². The molecule has 0 heterocycles. The Morgan fingerprint density at radius 1 is 0.630 bits per heavy atom. The molecule has 1 atom stereocenters. The summed E-state index contributed by atoms with van der Waals surface area (Å²) in [6.07, 6.45) is 23.4. The first-order valence-corrected chi connectivity index (χ1v) is 12.5. The predicted molar refractivity (Wildman–Crippen MR) is 119 cm³/mol. The molecule has 2 nitrogen and oxygen atoms in total. The molecule has 27 heavy (non-hydrogen) atoms. The molecule has 0 spiro atoms. The molecule has 1 aromatic carbocycles. The number of aryl methyl sites for hydroxylation is 1. The van der Waals surface area contributed by atoms with E-state index in [0.717, 1.165) is 6.42 Å². The van der Waals surface area contributed by atoms with E-state index < -0.39 is 11.1 Å². The standard InChI is InChI=1S/C24H42O2S/c1-2-3-4-5-6-7-8-9-10-11-12-13-14-15-16-17-18-23-19-21-24(22-20-23)27(25)26/h19-22H,2-18H2,1H3,(H,25,26). The van der Waals surface area contributed by atoms with Gasteiger partial charge in [-0.05, 0) is 30.5 Å². The van der Waals surface area contributed by atoms with E-state index in [9.17, 15) is 4.21 Å². The molecule has 0 bridgehead atoms. The Labute approximate surface area is 170 Å². The Hall–Kier alpha value is -0.670. The van der Waals surface area contributed by atoms with Crippen LogP contribution >= 0.6 is 0 Å². The lowest BCUT2D eigenvalue weighted by atomic mass is 10.0. The molecule has 0 fully saturated rings. The Bertz CT molecular complexity index is 470. The molecule has 0 aliphatic heterocycles. The smallest absolute Gasteiger partial charge is 0.186 e. The van der Waals surface area contributed by atoms with E-state index in [2.05, 4.69) is 6.92 Å². The lowest BCUT2D eigenvalue weighted by Crippen LogP contribution is -1.90. The zero-order valence-electron chi connectivity index (χ0n) is 17.6. The summed E-state index contributed by atoms with van der Waals surface area (Å²) in [6.45, 7) is 2.28. The second-order valence-electron chi connectivity index (χ2n) is 7.95. The van der Waals surface area contributed by atoms with Gasteiger partial charge < -0.3 is 4.55 Å². The molecule has 1 aromatic rings. The molecular formula is C24H42O2S. The highest BCUT2D eigenvalue weighted by molar-refractivity contribution is 7.79. The maximum atomic E-state index is 10.9. The molecule has 0 saturated heterocycles. The van der Waals surface area contributed by atoms with Crippen molar-refractivity contribution in [2.24, 2.45) is 0 Å². The van der Waals surface area contributed by atoms with Gasteiger partial charge >= 0.3 is 0 Å². The largest absolute Gasteiger partial charge is 0.302 e. The van der Waals surface area contributed by atoms with E-state index in [4.69, 9.17) is 4.55 Å². The zero-order valence-corrected chi connectivity index (χ0v) is 18.4. The van der Waals surface area contributed by atoms with Gasteiger partial charge in [-0.25, -0.2) is 4.21 Å². The number of hydrogen-bond acceptors (Lipinski definition) is 1. The monoisotopic (exact) mass is 394 g/mol. The van der Waals surface area contributed by atoms with Crippen LogP contribution in [0.25, 0.3) is 0 Å². The summed E-state index contributed by atoms with van der Waals surface area (Å²) in [4.78, 5) is 0.491. The highest BCUT2D eigenvalue weighted by Gasteiger charge is 2.00. The minimum Gasteiger partial charge on any atom is -0.302 e. The van der Waals surface area contributed by atoms with Crippen LogP contribution in [0.15, 0.2) is 29.2 Å². The van der Waals surface area contributed by atoms with Gasteiger partial charge in [-0.1, -0.05) is 115 Å². The molecule has 0 saturated carbocycles. The maximum Gasteiger partial charge on any atom is 0.186 e. The average molecular weight is 395 g/mol. The summed E-state index contributed by atoms with van der Waals surface area (Å²) in [6, 6.07) is 7.49. The van der Waals surface area contributed by atoms with Gasteiger partial charge in [-0.2, -0.15) is 0 Å². The second kappa shape index (κ2) is 17.4. The first kappa shape index (κ1) is 24.4. The predicted octanol–water partition coefficient (Wildman–Crippen LogP) is 8.07. The van der Waals surface area contributed by atoms with Crippen molar-refractivity contribution in [2.45, 2.75) is 121 Å². The van der Waals surface area contributed by atoms with Gasteiger partial charge in [-0.15, -0.1) is 0 Å². The molecule has 1 rings (SSSR count). The number of hydrogen-bond donors (Lipinski definition) is 1. The average Bonchev–Trinajstić information content (AvgIpc) is 2.68. The third kappa shape index (κ3) is 14.0. The van der Waals surface area contributed by atoms with Crippen molar-refractivity contribution < 1.29 is 8.76 Å². The number of rotatable bonds is 18. The third-order valence-electron chi connectivity index (χ3n) is 5.44. The van der Waals surface area contributed by atoms with Crippen molar-refractivity contribution in [3.8, 4) is 0 Å². The lowest BCUT2D eigenvalue weighted by molar-refractivity contribution is 0.529. The van der Waals surface area contributed by atoms with Crippen LogP contribution in [0, 0.1) is 0 Å². The molecule has 1 N–H and O–H groups in total. The van der Waals surface area contributed by atoms with E-state index in [0.29, 0.717) is 4.90 Å². The maximum absolute atomic E-state index is 10.9. The van der Waals surface area contributed by atoms with Crippen molar-refractivity contribution in [3.63, 3.8) is 0 Å². The van der Waals surface area contributed by atoms with Crippen LogP contribution in [0.1, 0.15) is 115 Å². The van der Waals surface area contributed by atoms with Crippen LogP contribution in [0.5, 0.6) is 0 Å². The third-order valence-corrected chi connectivity index (χ3v) is 6.12. The minimum absolute atomic E-state index is 0.491. The molecule has 0 amide bonds. The van der Waals surface area contributed by atoms with Gasteiger partial charge in [0.25, 0.3) is 0 Å². The molecule has 0 radical (unpaired) electrons. The van der Waals surface area contributed by atoms with Gasteiger partial charge in [0, 0.05) is 0 Å². The highest BCUT2D eigenvalue weighted by Crippen LogP contribution is 2.15. The molecule has 3 heteroatoms. The van der Waals surface area contributed by atoms with Crippen LogP contribution in [-0.4, -0.2) is 8.76 Å². The summed E-state index contributed by atoms with van der Waals surface area (Å²) < 4.78 is 20.0. The van der Waals surface area contributed by atoms with Crippen molar-refractivity contribution in [1.82, 2.24) is 0 Å². The fraction of sp³-hybridized carbons (Fsp3) is 0.750. The normalized spacial score (nSPS) is 12.4. The Morgan fingerprint density at radius 3 is 1.37 bits per heavy atom. The van der Waals surface area contributed by atoms with Crippen LogP contribution in [0.3, 0.4) is 0 Å². The molecule has 0 aromatic heterocycles. The second-order valence-corrected chi connectivity index (χ2v) is 8.92. The van der Waals surface area contributed by atoms with Crippen LogP contribution in [-0.2, 0) is 17.5 Å². The fourth-order valence-electron chi connectivity index (χ4n) is 3.65. The summed E-state index contributed by atoms with van der Waals surface area (Å²) >= 11 is -1.86. The van der Waals surface area contributed by atoms with E-state index in [1.807, 2.05) is 12.1 Å². The van der Waals surface area contributed by atoms with Gasteiger partial charge in [0.15, 0.2) is 11.1 Å². The highest BCUT2D eigenvalue weighted by atomic mass is 32.2.